The van der Waals surface area contributed by atoms with Crippen LogP contribution in [0.15, 0.2) is 94.6 Å². The number of hydrogen-bond acceptors (Lipinski definition) is 9. The highest BCUT2D eigenvalue weighted by atomic mass is 32.2. The molecule has 1 amide bonds. The number of hydrogen-bond donors (Lipinski definition) is 2. The normalized spacial score (nSPS) is 10.6. The van der Waals surface area contributed by atoms with Gasteiger partial charge >= 0.3 is 0 Å². The number of benzene rings is 3. The van der Waals surface area contributed by atoms with Crippen LogP contribution in [0, 0.1) is 0 Å². The zero-order valence-corrected chi connectivity index (χ0v) is 20.7. The molecule has 0 atom stereocenters. The summed E-state index contributed by atoms with van der Waals surface area (Å²) in [6.45, 7) is 0. The van der Waals surface area contributed by atoms with Gasteiger partial charge in [-0.15, -0.1) is 21.5 Å². The molecule has 5 aromatic rings. The van der Waals surface area contributed by atoms with Crippen LogP contribution in [0.1, 0.15) is 0 Å². The first-order valence-electron chi connectivity index (χ1n) is 10.6. The predicted octanol–water partition coefficient (Wildman–Crippen LogP) is 6.93. The van der Waals surface area contributed by atoms with Crippen LogP contribution in [-0.4, -0.2) is 26.8 Å². The van der Waals surface area contributed by atoms with Crippen molar-refractivity contribution in [2.45, 2.75) is 4.34 Å². The Morgan fingerprint density at radius 3 is 2.34 bits per heavy atom. The molecule has 3 aromatic carbocycles. The molecule has 0 fully saturated rings. The standard InChI is InChI=1S/C25H19N5O2S3/c31-22(28-23-27-21(15-33-23)17-7-3-1-4-8-17)16-34-25-30-29-24(35-25)26-18-11-13-20(14-12-18)32-19-9-5-2-6-10-19/h1-15H,16H2,(H,26,29)(H,27,28,31). The lowest BCUT2D eigenvalue weighted by Gasteiger charge is -2.06. The van der Waals surface area contributed by atoms with Crippen LogP contribution in [-0.2, 0) is 4.79 Å². The predicted molar refractivity (Wildman–Crippen MR) is 143 cm³/mol. The molecule has 0 aliphatic carbocycles. The number of nitrogens with zero attached hydrogens (tertiary/aromatic N) is 3. The maximum Gasteiger partial charge on any atom is 0.236 e. The molecule has 2 N–H and O–H groups in total. The van der Waals surface area contributed by atoms with Gasteiger partial charge in [0, 0.05) is 16.6 Å². The summed E-state index contributed by atoms with van der Waals surface area (Å²) in [6.07, 6.45) is 0. The molecule has 35 heavy (non-hydrogen) atoms. The van der Waals surface area contributed by atoms with Gasteiger partial charge in [0.15, 0.2) is 9.47 Å². The Labute approximate surface area is 214 Å². The number of rotatable bonds is 9. The Kier molecular flexibility index (Phi) is 7.32. The van der Waals surface area contributed by atoms with Gasteiger partial charge in [-0.1, -0.05) is 71.6 Å². The highest BCUT2D eigenvalue weighted by molar-refractivity contribution is 8.01. The summed E-state index contributed by atoms with van der Waals surface area (Å²) >= 11 is 4.13. The van der Waals surface area contributed by atoms with Crippen molar-refractivity contribution in [1.29, 1.82) is 0 Å². The number of carbonyl (C=O) groups is 1. The van der Waals surface area contributed by atoms with E-state index in [0.717, 1.165) is 28.4 Å². The maximum atomic E-state index is 12.4. The fraction of sp³-hybridized carbons (Fsp3) is 0.0400. The lowest BCUT2D eigenvalue weighted by atomic mass is 10.2. The molecule has 0 saturated carbocycles. The Balaban J connectivity index is 1.10. The second-order valence-corrected chi connectivity index (χ2v) is 10.2. The van der Waals surface area contributed by atoms with Gasteiger partial charge in [-0.25, -0.2) is 4.98 Å². The van der Waals surface area contributed by atoms with Gasteiger partial charge in [0.25, 0.3) is 0 Å². The fourth-order valence-corrected chi connectivity index (χ4v) is 5.34. The minimum atomic E-state index is -0.136. The Hall–Kier alpha value is -3.73. The average Bonchev–Trinajstić information content (AvgIpc) is 3.55. The minimum Gasteiger partial charge on any atom is -0.457 e. The molecule has 0 bridgehead atoms. The molecule has 0 saturated heterocycles. The SMILES string of the molecule is O=C(CSc1nnc(Nc2ccc(Oc3ccccc3)cc2)s1)Nc1nc(-c2ccccc2)cs1. The van der Waals surface area contributed by atoms with Gasteiger partial charge in [-0.05, 0) is 36.4 Å². The molecule has 10 heteroatoms. The zero-order chi connectivity index (χ0) is 23.9. The Morgan fingerprint density at radius 2 is 1.57 bits per heavy atom. The highest BCUT2D eigenvalue weighted by Gasteiger charge is 2.11. The van der Waals surface area contributed by atoms with E-state index in [1.807, 2.05) is 90.3 Å². The summed E-state index contributed by atoms with van der Waals surface area (Å²) in [6, 6.07) is 27.1. The van der Waals surface area contributed by atoms with E-state index in [2.05, 4.69) is 25.8 Å². The van der Waals surface area contributed by atoms with Crippen LogP contribution in [0.2, 0.25) is 0 Å². The molecule has 0 spiro atoms. The minimum absolute atomic E-state index is 0.136. The number of nitrogens with one attached hydrogen (secondary N) is 2. The van der Waals surface area contributed by atoms with Crippen LogP contribution < -0.4 is 15.4 Å². The summed E-state index contributed by atoms with van der Waals surface area (Å²) in [5, 5.41) is 17.6. The Morgan fingerprint density at radius 1 is 0.857 bits per heavy atom. The van der Waals surface area contributed by atoms with E-state index in [1.165, 1.54) is 34.4 Å². The van der Waals surface area contributed by atoms with Gasteiger partial charge in [-0.3, -0.25) is 4.79 Å². The topological polar surface area (TPSA) is 89.0 Å². The van der Waals surface area contributed by atoms with E-state index in [0.29, 0.717) is 14.6 Å². The summed E-state index contributed by atoms with van der Waals surface area (Å²) in [4.78, 5) is 16.8. The van der Waals surface area contributed by atoms with Crippen LogP contribution in [0.4, 0.5) is 16.0 Å². The van der Waals surface area contributed by atoms with E-state index in [9.17, 15) is 4.79 Å². The number of thiazole rings is 1. The molecule has 2 heterocycles. The molecule has 7 nitrogen and oxygen atoms in total. The monoisotopic (exact) mass is 517 g/mol. The first kappa shape index (κ1) is 23.0. The van der Waals surface area contributed by atoms with Crippen LogP contribution >= 0.6 is 34.4 Å². The summed E-state index contributed by atoms with van der Waals surface area (Å²) in [5.41, 5.74) is 2.73. The molecule has 2 aromatic heterocycles. The largest absolute Gasteiger partial charge is 0.457 e. The van der Waals surface area contributed by atoms with Crippen LogP contribution in [0.3, 0.4) is 0 Å². The summed E-state index contributed by atoms with van der Waals surface area (Å²) < 4.78 is 6.51. The van der Waals surface area contributed by atoms with Crippen molar-refractivity contribution in [3.05, 3.63) is 90.3 Å². The van der Waals surface area contributed by atoms with Crippen molar-refractivity contribution in [2.24, 2.45) is 0 Å². The number of thioether (sulfide) groups is 1. The molecule has 0 aliphatic heterocycles. The van der Waals surface area contributed by atoms with E-state index < -0.39 is 0 Å². The van der Waals surface area contributed by atoms with Crippen molar-refractivity contribution >= 4 is 56.3 Å². The van der Waals surface area contributed by atoms with Gasteiger partial charge in [0.05, 0.1) is 11.4 Å². The molecule has 0 radical (unpaired) electrons. The van der Waals surface area contributed by atoms with Crippen molar-refractivity contribution in [3.63, 3.8) is 0 Å². The maximum absolute atomic E-state index is 12.4. The summed E-state index contributed by atoms with van der Waals surface area (Å²) in [7, 11) is 0. The van der Waals surface area contributed by atoms with E-state index in [1.54, 1.807) is 0 Å². The number of ether oxygens (including phenoxy) is 1. The zero-order valence-electron chi connectivity index (χ0n) is 18.3. The first-order valence-corrected chi connectivity index (χ1v) is 13.3. The Bertz CT molecular complexity index is 1390. The smallest absolute Gasteiger partial charge is 0.236 e. The van der Waals surface area contributed by atoms with E-state index in [4.69, 9.17) is 4.74 Å². The van der Waals surface area contributed by atoms with Gasteiger partial charge in [0.1, 0.15) is 11.5 Å². The lowest BCUT2D eigenvalue weighted by Crippen LogP contribution is -2.13. The van der Waals surface area contributed by atoms with Gasteiger partial charge in [0.2, 0.25) is 11.0 Å². The third-order valence-electron chi connectivity index (χ3n) is 4.64. The quantitative estimate of drug-likeness (QED) is 0.205. The van der Waals surface area contributed by atoms with Crippen LogP contribution in [0.5, 0.6) is 11.5 Å². The third-order valence-corrected chi connectivity index (χ3v) is 7.37. The van der Waals surface area contributed by atoms with Crippen molar-refractivity contribution in [3.8, 4) is 22.8 Å². The average molecular weight is 518 g/mol. The first-order chi connectivity index (χ1) is 17.2. The molecule has 0 aliphatic rings. The number of anilines is 3. The van der Waals surface area contributed by atoms with Gasteiger partial charge in [-0.2, -0.15) is 0 Å². The molecule has 5 rings (SSSR count). The molecule has 0 unspecified atom stereocenters. The highest BCUT2D eigenvalue weighted by Crippen LogP contribution is 2.30. The lowest BCUT2D eigenvalue weighted by molar-refractivity contribution is -0.113. The molecule has 174 valence electrons. The number of para-hydroxylation sites is 1. The van der Waals surface area contributed by atoms with Gasteiger partial charge < -0.3 is 15.4 Å². The number of aromatic nitrogens is 3. The van der Waals surface area contributed by atoms with E-state index in [-0.39, 0.29) is 11.7 Å². The fourth-order valence-electron chi connectivity index (χ4n) is 3.03. The summed E-state index contributed by atoms with van der Waals surface area (Å²) in [5.74, 6) is 1.62. The number of carbonyl (C=O) groups excluding carboxylic acids is 1. The van der Waals surface area contributed by atoms with E-state index >= 15 is 0 Å². The molecular formula is C25H19N5O2S3. The second-order valence-electron chi connectivity index (χ2n) is 7.18. The van der Waals surface area contributed by atoms with Crippen molar-refractivity contribution in [2.75, 3.05) is 16.4 Å². The molecular weight excluding hydrogens is 499 g/mol. The van der Waals surface area contributed by atoms with Crippen molar-refractivity contribution < 1.29 is 9.53 Å². The third kappa shape index (κ3) is 6.44. The van der Waals surface area contributed by atoms with Crippen LogP contribution in [0.25, 0.3) is 11.3 Å². The van der Waals surface area contributed by atoms with Crippen molar-refractivity contribution in [1.82, 2.24) is 15.2 Å². The second kappa shape index (κ2) is 11.1. The number of amides is 1.